The maximum atomic E-state index is 11.5. The van der Waals surface area contributed by atoms with Gasteiger partial charge >= 0.3 is 6.03 Å². The van der Waals surface area contributed by atoms with Crippen LogP contribution < -0.4 is 10.5 Å². The van der Waals surface area contributed by atoms with Gasteiger partial charge < -0.3 is 5.73 Å². The second-order valence-electron chi connectivity index (χ2n) is 2.52. The van der Waals surface area contributed by atoms with Crippen LogP contribution in [-0.2, 0) is 10.0 Å². The molecule has 1 aromatic rings. The standard InChI is InChI=1S/C7H6Cl2N2O3S/c8-4-2-1-3-5(6(4)9)15(13,14)11-7(10)12/h1-3H,(H3,10,11,12). The Kier molecular flexibility index (Phi) is 3.43. The van der Waals surface area contributed by atoms with Crippen molar-refractivity contribution in [3.05, 3.63) is 28.2 Å². The van der Waals surface area contributed by atoms with Crippen LogP contribution in [0.2, 0.25) is 10.0 Å². The van der Waals surface area contributed by atoms with Gasteiger partial charge in [-0.05, 0) is 12.1 Å². The first-order valence-electron chi connectivity index (χ1n) is 3.61. The molecule has 2 amide bonds. The minimum Gasteiger partial charge on any atom is -0.351 e. The lowest BCUT2D eigenvalue weighted by atomic mass is 10.4. The number of hydrogen-bond donors (Lipinski definition) is 2. The van der Waals surface area contributed by atoms with E-state index in [2.05, 4.69) is 0 Å². The number of benzene rings is 1. The minimum atomic E-state index is -4.05. The maximum absolute atomic E-state index is 11.5. The zero-order valence-corrected chi connectivity index (χ0v) is 9.53. The molecule has 0 fully saturated rings. The molecule has 82 valence electrons. The van der Waals surface area contributed by atoms with Crippen molar-refractivity contribution < 1.29 is 13.2 Å². The number of carbonyl (C=O) groups excluding carboxylic acids is 1. The largest absolute Gasteiger partial charge is 0.351 e. The molecule has 0 radical (unpaired) electrons. The third kappa shape index (κ3) is 2.74. The first-order valence-corrected chi connectivity index (χ1v) is 5.85. The minimum absolute atomic E-state index is 0.0732. The smallest absolute Gasteiger partial charge is 0.326 e. The summed E-state index contributed by atoms with van der Waals surface area (Å²) >= 11 is 11.3. The Morgan fingerprint density at radius 3 is 2.47 bits per heavy atom. The fourth-order valence-corrected chi connectivity index (χ4v) is 2.52. The number of urea groups is 1. The lowest BCUT2D eigenvalue weighted by Gasteiger charge is -2.06. The molecule has 0 aliphatic rings. The number of nitrogens with one attached hydrogen (secondary N) is 1. The van der Waals surface area contributed by atoms with E-state index in [0.29, 0.717) is 0 Å². The summed E-state index contributed by atoms with van der Waals surface area (Å²) in [5.41, 5.74) is 4.70. The Bertz CT molecular complexity index is 501. The molecule has 8 heteroatoms. The molecule has 5 nitrogen and oxygen atoms in total. The van der Waals surface area contributed by atoms with Gasteiger partial charge in [-0.15, -0.1) is 0 Å². The molecule has 1 aromatic carbocycles. The van der Waals surface area contributed by atoms with Crippen LogP contribution in [0.5, 0.6) is 0 Å². The Morgan fingerprint density at radius 2 is 1.93 bits per heavy atom. The average molecular weight is 269 g/mol. The highest BCUT2D eigenvalue weighted by Gasteiger charge is 2.20. The molecule has 0 bridgehead atoms. The van der Waals surface area contributed by atoms with Gasteiger partial charge in [-0.1, -0.05) is 29.3 Å². The van der Waals surface area contributed by atoms with E-state index < -0.39 is 16.1 Å². The van der Waals surface area contributed by atoms with Crippen LogP contribution in [0.25, 0.3) is 0 Å². The van der Waals surface area contributed by atoms with Crippen molar-refractivity contribution in [2.24, 2.45) is 5.73 Å². The topological polar surface area (TPSA) is 89.3 Å². The summed E-state index contributed by atoms with van der Waals surface area (Å²) in [6, 6.07) is 2.84. The highest BCUT2D eigenvalue weighted by molar-refractivity contribution is 7.90. The van der Waals surface area contributed by atoms with Crippen molar-refractivity contribution in [2.45, 2.75) is 4.90 Å². The van der Waals surface area contributed by atoms with Crippen LogP contribution in [-0.4, -0.2) is 14.4 Å². The molecular formula is C7H6Cl2N2O3S. The lowest BCUT2D eigenvalue weighted by molar-refractivity contribution is 0.253. The Labute approximate surface area is 96.2 Å². The predicted octanol–water partition coefficient (Wildman–Crippen LogP) is 1.35. The van der Waals surface area contributed by atoms with Crippen molar-refractivity contribution in [3.8, 4) is 0 Å². The Hall–Kier alpha value is -0.980. The first kappa shape index (κ1) is 12.1. The van der Waals surface area contributed by atoms with E-state index in [-0.39, 0.29) is 14.9 Å². The summed E-state index contributed by atoms with van der Waals surface area (Å²) in [5.74, 6) is 0. The second-order valence-corrected chi connectivity index (χ2v) is 4.96. The number of halogens is 2. The number of sulfonamides is 1. The molecule has 0 atom stereocenters. The van der Waals surface area contributed by atoms with Crippen molar-refractivity contribution in [1.82, 2.24) is 4.72 Å². The monoisotopic (exact) mass is 268 g/mol. The number of primary amides is 1. The van der Waals surface area contributed by atoms with E-state index in [9.17, 15) is 13.2 Å². The van der Waals surface area contributed by atoms with Crippen molar-refractivity contribution in [1.29, 1.82) is 0 Å². The molecule has 0 saturated carbocycles. The summed E-state index contributed by atoms with van der Waals surface area (Å²) in [7, 11) is -4.05. The molecule has 0 aliphatic heterocycles. The Balaban J connectivity index is 3.28. The summed E-state index contributed by atoms with van der Waals surface area (Å²) in [6.45, 7) is 0. The van der Waals surface area contributed by atoms with E-state index in [1.165, 1.54) is 18.2 Å². The third-order valence-corrected chi connectivity index (χ3v) is 3.76. The van der Waals surface area contributed by atoms with Gasteiger partial charge in [0.1, 0.15) is 4.90 Å². The SMILES string of the molecule is NC(=O)NS(=O)(=O)c1cccc(Cl)c1Cl. The van der Waals surface area contributed by atoms with Crippen molar-refractivity contribution in [2.75, 3.05) is 0 Å². The molecule has 0 unspecified atom stereocenters. The second kappa shape index (κ2) is 4.26. The van der Waals surface area contributed by atoms with E-state index in [1.54, 1.807) is 4.72 Å². The third-order valence-electron chi connectivity index (χ3n) is 1.44. The first-order chi connectivity index (χ1) is 6.84. The van der Waals surface area contributed by atoms with Crippen molar-refractivity contribution >= 4 is 39.3 Å². The van der Waals surface area contributed by atoms with Crippen LogP contribution >= 0.6 is 23.2 Å². The highest BCUT2D eigenvalue weighted by Crippen LogP contribution is 2.28. The van der Waals surface area contributed by atoms with Gasteiger partial charge in [0.25, 0.3) is 10.0 Å². The molecule has 3 N–H and O–H groups in total. The van der Waals surface area contributed by atoms with E-state index >= 15 is 0 Å². The molecule has 0 saturated heterocycles. The molecule has 15 heavy (non-hydrogen) atoms. The Morgan fingerprint density at radius 1 is 1.33 bits per heavy atom. The van der Waals surface area contributed by atoms with Crippen LogP contribution in [0.3, 0.4) is 0 Å². The van der Waals surface area contributed by atoms with Crippen LogP contribution in [0.15, 0.2) is 23.1 Å². The van der Waals surface area contributed by atoms with E-state index in [4.69, 9.17) is 28.9 Å². The molecule has 0 heterocycles. The molecular weight excluding hydrogens is 263 g/mol. The molecule has 0 spiro atoms. The predicted molar refractivity (Wildman–Crippen MR) is 56.4 cm³/mol. The fourth-order valence-electron chi connectivity index (χ4n) is 0.879. The summed E-state index contributed by atoms with van der Waals surface area (Å²) in [5, 5.41) is -0.0862. The highest BCUT2D eigenvalue weighted by atomic mass is 35.5. The fraction of sp³-hybridized carbons (Fsp3) is 0. The van der Waals surface area contributed by atoms with Gasteiger partial charge in [-0.2, -0.15) is 0 Å². The summed E-state index contributed by atoms with van der Waals surface area (Å²) < 4.78 is 24.5. The summed E-state index contributed by atoms with van der Waals surface area (Å²) in [4.78, 5) is 10.1. The number of rotatable bonds is 2. The zero-order valence-electron chi connectivity index (χ0n) is 7.20. The van der Waals surface area contributed by atoms with Gasteiger partial charge in [0.15, 0.2) is 0 Å². The van der Waals surface area contributed by atoms with Crippen LogP contribution in [0.1, 0.15) is 0 Å². The van der Waals surface area contributed by atoms with E-state index in [0.717, 1.165) is 0 Å². The quantitative estimate of drug-likeness (QED) is 0.849. The van der Waals surface area contributed by atoms with Gasteiger partial charge in [0.2, 0.25) is 0 Å². The number of hydrogen-bond acceptors (Lipinski definition) is 3. The molecule has 0 aromatic heterocycles. The number of amides is 2. The summed E-state index contributed by atoms with van der Waals surface area (Å²) in [6.07, 6.45) is 0. The molecule has 1 rings (SSSR count). The lowest BCUT2D eigenvalue weighted by Crippen LogP contribution is -2.35. The zero-order chi connectivity index (χ0) is 11.6. The average Bonchev–Trinajstić information content (AvgIpc) is 2.07. The molecule has 0 aliphatic carbocycles. The van der Waals surface area contributed by atoms with Crippen LogP contribution in [0.4, 0.5) is 4.79 Å². The number of carbonyl (C=O) groups is 1. The normalized spacial score (nSPS) is 11.1. The van der Waals surface area contributed by atoms with Gasteiger partial charge in [0, 0.05) is 0 Å². The van der Waals surface area contributed by atoms with Gasteiger partial charge in [0.05, 0.1) is 10.0 Å². The maximum Gasteiger partial charge on any atom is 0.326 e. The van der Waals surface area contributed by atoms with Crippen LogP contribution in [0, 0.1) is 0 Å². The van der Waals surface area contributed by atoms with Crippen molar-refractivity contribution in [3.63, 3.8) is 0 Å². The number of nitrogens with two attached hydrogens (primary N) is 1. The van der Waals surface area contributed by atoms with Gasteiger partial charge in [-0.3, -0.25) is 0 Å². The van der Waals surface area contributed by atoms with Gasteiger partial charge in [-0.25, -0.2) is 17.9 Å². The van der Waals surface area contributed by atoms with E-state index in [1.807, 2.05) is 0 Å².